The second-order valence-corrected chi connectivity index (χ2v) is 5.89. The van der Waals surface area contributed by atoms with E-state index in [1.807, 2.05) is 13.8 Å². The zero-order valence-electron chi connectivity index (χ0n) is 11.4. The smallest absolute Gasteiger partial charge is 0.256 e. The quantitative estimate of drug-likeness (QED) is 0.891. The van der Waals surface area contributed by atoms with Crippen molar-refractivity contribution in [2.24, 2.45) is 0 Å². The van der Waals surface area contributed by atoms with E-state index in [4.69, 9.17) is 9.15 Å². The Labute approximate surface area is 113 Å². The zero-order chi connectivity index (χ0) is 13.0. The van der Waals surface area contributed by atoms with Gasteiger partial charge in [0.25, 0.3) is 5.22 Å². The van der Waals surface area contributed by atoms with Crippen molar-refractivity contribution in [2.75, 3.05) is 19.8 Å². The SMILES string of the molecule is CCCNC1CCOCC1Sc1nc(C)c(C)o1. The van der Waals surface area contributed by atoms with E-state index < -0.39 is 0 Å². The van der Waals surface area contributed by atoms with Gasteiger partial charge in [0.1, 0.15) is 5.76 Å². The lowest BCUT2D eigenvalue weighted by Crippen LogP contribution is -2.45. The zero-order valence-corrected chi connectivity index (χ0v) is 12.2. The summed E-state index contributed by atoms with van der Waals surface area (Å²) in [6, 6.07) is 0.496. The molecule has 102 valence electrons. The summed E-state index contributed by atoms with van der Waals surface area (Å²) in [7, 11) is 0. The van der Waals surface area contributed by atoms with Gasteiger partial charge in [0, 0.05) is 12.6 Å². The van der Waals surface area contributed by atoms with Crippen LogP contribution < -0.4 is 5.32 Å². The molecule has 1 fully saturated rings. The minimum atomic E-state index is 0.391. The Morgan fingerprint density at radius 2 is 2.28 bits per heavy atom. The molecule has 1 N–H and O–H groups in total. The van der Waals surface area contributed by atoms with Crippen LogP contribution in [0.1, 0.15) is 31.2 Å². The van der Waals surface area contributed by atoms with Gasteiger partial charge in [-0.1, -0.05) is 18.7 Å². The molecule has 0 saturated carbocycles. The van der Waals surface area contributed by atoms with E-state index in [1.54, 1.807) is 11.8 Å². The van der Waals surface area contributed by atoms with Crippen molar-refractivity contribution < 1.29 is 9.15 Å². The molecule has 5 heteroatoms. The van der Waals surface area contributed by atoms with Gasteiger partial charge in [-0.25, -0.2) is 4.98 Å². The first kappa shape index (κ1) is 13.9. The molecule has 0 aromatic carbocycles. The first-order valence-electron chi connectivity index (χ1n) is 6.62. The van der Waals surface area contributed by atoms with Gasteiger partial charge in [-0.2, -0.15) is 0 Å². The molecule has 0 spiro atoms. The molecule has 18 heavy (non-hydrogen) atoms. The van der Waals surface area contributed by atoms with Crippen LogP contribution in [0.3, 0.4) is 0 Å². The third kappa shape index (κ3) is 3.49. The highest BCUT2D eigenvalue weighted by molar-refractivity contribution is 7.99. The van der Waals surface area contributed by atoms with Crippen LogP contribution in [0.4, 0.5) is 0 Å². The number of nitrogens with zero attached hydrogens (tertiary/aromatic N) is 1. The predicted molar refractivity (Wildman–Crippen MR) is 73.1 cm³/mol. The maximum absolute atomic E-state index is 5.64. The van der Waals surface area contributed by atoms with Crippen LogP contribution in [0.5, 0.6) is 0 Å². The Morgan fingerprint density at radius 3 is 2.94 bits per heavy atom. The fourth-order valence-corrected chi connectivity index (χ4v) is 3.20. The first-order chi connectivity index (χ1) is 8.70. The van der Waals surface area contributed by atoms with Gasteiger partial charge >= 0.3 is 0 Å². The third-order valence-electron chi connectivity index (χ3n) is 3.22. The van der Waals surface area contributed by atoms with Gasteiger partial charge < -0.3 is 14.5 Å². The van der Waals surface area contributed by atoms with Crippen LogP contribution in [-0.4, -0.2) is 36.0 Å². The number of thioether (sulfide) groups is 1. The standard InChI is InChI=1S/C13H22N2O2S/c1-4-6-14-11-5-7-16-8-12(11)18-13-15-9(2)10(3)17-13/h11-12,14H,4-8H2,1-3H3. The molecule has 0 bridgehead atoms. The highest BCUT2D eigenvalue weighted by Crippen LogP contribution is 2.29. The molecule has 1 aliphatic heterocycles. The highest BCUT2D eigenvalue weighted by atomic mass is 32.2. The Bertz CT molecular complexity index is 362. The minimum Gasteiger partial charge on any atom is -0.437 e. The fourth-order valence-electron chi connectivity index (χ4n) is 2.01. The molecule has 2 atom stereocenters. The summed E-state index contributed by atoms with van der Waals surface area (Å²) in [6.07, 6.45) is 2.22. The second kappa shape index (κ2) is 6.59. The van der Waals surface area contributed by atoms with Crippen molar-refractivity contribution in [3.05, 3.63) is 11.5 Å². The highest BCUT2D eigenvalue weighted by Gasteiger charge is 2.27. The van der Waals surface area contributed by atoms with E-state index in [0.29, 0.717) is 11.3 Å². The third-order valence-corrected chi connectivity index (χ3v) is 4.37. The number of hydrogen-bond donors (Lipinski definition) is 1. The summed E-state index contributed by atoms with van der Waals surface area (Å²) < 4.78 is 11.2. The molecule has 1 aliphatic rings. The number of rotatable bonds is 5. The van der Waals surface area contributed by atoms with Crippen molar-refractivity contribution in [2.45, 2.75) is 50.1 Å². The Hall–Kier alpha value is -0.520. The molecule has 0 radical (unpaired) electrons. The van der Waals surface area contributed by atoms with E-state index in [1.165, 1.54) is 0 Å². The van der Waals surface area contributed by atoms with E-state index in [9.17, 15) is 0 Å². The molecule has 1 aromatic rings. The molecular formula is C13H22N2O2S. The van der Waals surface area contributed by atoms with E-state index in [2.05, 4.69) is 17.2 Å². The summed E-state index contributed by atoms with van der Waals surface area (Å²) in [6.45, 7) is 8.80. The molecule has 4 nitrogen and oxygen atoms in total. The minimum absolute atomic E-state index is 0.391. The van der Waals surface area contributed by atoms with Crippen LogP contribution in [0.25, 0.3) is 0 Å². The molecule has 0 aliphatic carbocycles. The average molecular weight is 270 g/mol. The number of oxazole rings is 1. The van der Waals surface area contributed by atoms with E-state index in [0.717, 1.165) is 49.3 Å². The number of ether oxygens (including phenoxy) is 1. The van der Waals surface area contributed by atoms with Crippen LogP contribution in [-0.2, 0) is 4.74 Å². The monoisotopic (exact) mass is 270 g/mol. The fraction of sp³-hybridized carbons (Fsp3) is 0.769. The number of aryl methyl sites for hydroxylation is 2. The van der Waals surface area contributed by atoms with Crippen molar-refractivity contribution in [1.29, 1.82) is 0 Å². The van der Waals surface area contributed by atoms with Crippen molar-refractivity contribution in [1.82, 2.24) is 10.3 Å². The molecule has 2 rings (SSSR count). The van der Waals surface area contributed by atoms with Gasteiger partial charge in [0.15, 0.2) is 0 Å². The number of hydrogen-bond acceptors (Lipinski definition) is 5. The summed E-state index contributed by atoms with van der Waals surface area (Å²) >= 11 is 1.69. The van der Waals surface area contributed by atoms with E-state index in [-0.39, 0.29) is 0 Å². The normalized spacial score (nSPS) is 24.4. The van der Waals surface area contributed by atoms with Crippen LogP contribution in [0.15, 0.2) is 9.64 Å². The van der Waals surface area contributed by atoms with Gasteiger partial charge in [-0.15, -0.1) is 0 Å². The second-order valence-electron chi connectivity index (χ2n) is 4.70. The van der Waals surface area contributed by atoms with Gasteiger partial charge in [0.2, 0.25) is 0 Å². The summed E-state index contributed by atoms with van der Waals surface area (Å²) in [5.41, 5.74) is 0.979. The van der Waals surface area contributed by atoms with Gasteiger partial charge in [-0.3, -0.25) is 0 Å². The average Bonchev–Trinajstić information content (AvgIpc) is 2.67. The maximum atomic E-state index is 5.64. The van der Waals surface area contributed by atoms with Crippen molar-refractivity contribution >= 4 is 11.8 Å². The number of aromatic nitrogens is 1. The Morgan fingerprint density at radius 1 is 1.44 bits per heavy atom. The van der Waals surface area contributed by atoms with E-state index >= 15 is 0 Å². The van der Waals surface area contributed by atoms with Gasteiger partial charge in [0.05, 0.1) is 17.6 Å². The lowest BCUT2D eigenvalue weighted by Gasteiger charge is -2.30. The lowest BCUT2D eigenvalue weighted by molar-refractivity contribution is 0.0830. The Balaban J connectivity index is 1.96. The molecule has 2 heterocycles. The lowest BCUT2D eigenvalue weighted by atomic mass is 10.1. The predicted octanol–water partition coefficient (Wildman–Crippen LogP) is 2.54. The Kier molecular flexibility index (Phi) is 5.09. The summed E-state index contributed by atoms with van der Waals surface area (Å²) in [5, 5.41) is 4.75. The largest absolute Gasteiger partial charge is 0.437 e. The van der Waals surface area contributed by atoms with Gasteiger partial charge in [-0.05, 0) is 33.2 Å². The molecule has 2 unspecified atom stereocenters. The first-order valence-corrected chi connectivity index (χ1v) is 7.50. The molecular weight excluding hydrogens is 248 g/mol. The molecule has 0 amide bonds. The molecule has 1 saturated heterocycles. The number of nitrogens with one attached hydrogen (secondary N) is 1. The van der Waals surface area contributed by atoms with Crippen LogP contribution in [0.2, 0.25) is 0 Å². The summed E-state index contributed by atoms with van der Waals surface area (Å²) in [5.74, 6) is 0.910. The topological polar surface area (TPSA) is 47.3 Å². The maximum Gasteiger partial charge on any atom is 0.256 e. The van der Waals surface area contributed by atoms with Crippen LogP contribution in [0, 0.1) is 13.8 Å². The van der Waals surface area contributed by atoms with Crippen LogP contribution >= 0.6 is 11.8 Å². The van der Waals surface area contributed by atoms with Crippen molar-refractivity contribution in [3.8, 4) is 0 Å². The molecule has 1 aromatic heterocycles. The summed E-state index contributed by atoms with van der Waals surface area (Å²) in [4.78, 5) is 4.43. The van der Waals surface area contributed by atoms with Crippen molar-refractivity contribution in [3.63, 3.8) is 0 Å².